The first kappa shape index (κ1) is 17.7. The molecule has 0 aliphatic heterocycles. The molecule has 0 saturated carbocycles. The lowest BCUT2D eigenvalue weighted by Crippen LogP contribution is -2.27. The molecular formula is C17H17N5O3S. The first-order valence-corrected chi connectivity index (χ1v) is 9.69. The highest BCUT2D eigenvalue weighted by atomic mass is 32.2. The third kappa shape index (κ3) is 3.77. The summed E-state index contributed by atoms with van der Waals surface area (Å²) in [7, 11) is -3.25. The van der Waals surface area contributed by atoms with Crippen LogP contribution in [0.5, 0.6) is 0 Å². The van der Waals surface area contributed by atoms with Gasteiger partial charge in [0.2, 0.25) is 5.82 Å². The molecule has 0 aliphatic carbocycles. The molecule has 0 bridgehead atoms. The number of hydrogen-bond acceptors (Lipinski definition) is 6. The summed E-state index contributed by atoms with van der Waals surface area (Å²) in [5.74, 6) is 0.0472. The molecule has 1 heterocycles. The number of aromatic nitrogens is 4. The fraction of sp³-hybridized carbons (Fsp3) is 0.176. The number of rotatable bonds is 5. The van der Waals surface area contributed by atoms with Crippen LogP contribution in [0.25, 0.3) is 11.4 Å². The van der Waals surface area contributed by atoms with Gasteiger partial charge < -0.3 is 5.32 Å². The maximum atomic E-state index is 12.7. The molecule has 2 N–H and O–H groups in total. The second kappa shape index (κ2) is 7.04. The van der Waals surface area contributed by atoms with E-state index in [0.29, 0.717) is 17.0 Å². The molecule has 1 atom stereocenters. The minimum absolute atomic E-state index is 0.238. The molecule has 9 heteroatoms. The minimum atomic E-state index is -3.25. The van der Waals surface area contributed by atoms with Crippen molar-refractivity contribution in [3.05, 3.63) is 59.7 Å². The summed E-state index contributed by atoms with van der Waals surface area (Å²) in [6.07, 6.45) is 1.15. The van der Waals surface area contributed by atoms with Gasteiger partial charge in [0.15, 0.2) is 9.84 Å². The van der Waals surface area contributed by atoms with Crippen molar-refractivity contribution < 1.29 is 13.2 Å². The fourth-order valence-corrected chi connectivity index (χ4v) is 3.14. The lowest BCUT2D eigenvalue weighted by molar-refractivity contribution is 0.0940. The van der Waals surface area contributed by atoms with E-state index < -0.39 is 9.84 Å². The van der Waals surface area contributed by atoms with E-state index in [4.69, 9.17) is 0 Å². The SMILES string of the molecule is C[C@H](NC(=O)c1ccccc1-c1nn[nH]n1)c1ccc(S(C)(=O)=O)cc1. The van der Waals surface area contributed by atoms with Crippen molar-refractivity contribution in [2.75, 3.05) is 6.26 Å². The first-order chi connectivity index (χ1) is 12.4. The molecule has 1 aromatic heterocycles. The van der Waals surface area contributed by atoms with Gasteiger partial charge in [-0.1, -0.05) is 30.3 Å². The summed E-state index contributed by atoms with van der Waals surface area (Å²) in [6.45, 7) is 1.82. The molecule has 3 rings (SSSR count). The number of sulfone groups is 1. The molecule has 0 spiro atoms. The van der Waals surface area contributed by atoms with Crippen molar-refractivity contribution in [1.29, 1.82) is 0 Å². The predicted octanol–water partition coefficient (Wildman–Crippen LogP) is 1.76. The van der Waals surface area contributed by atoms with Gasteiger partial charge in [0.1, 0.15) is 0 Å². The molecule has 0 aliphatic rings. The second-order valence-corrected chi connectivity index (χ2v) is 7.83. The van der Waals surface area contributed by atoms with E-state index in [2.05, 4.69) is 25.9 Å². The van der Waals surface area contributed by atoms with Crippen LogP contribution in [0.3, 0.4) is 0 Å². The highest BCUT2D eigenvalue weighted by Gasteiger charge is 2.18. The number of nitrogens with zero attached hydrogens (tertiary/aromatic N) is 3. The molecule has 0 unspecified atom stereocenters. The highest BCUT2D eigenvalue weighted by molar-refractivity contribution is 7.90. The normalized spacial score (nSPS) is 12.5. The number of benzene rings is 2. The Balaban J connectivity index is 1.80. The molecular weight excluding hydrogens is 354 g/mol. The molecule has 0 saturated heterocycles. The average molecular weight is 371 g/mol. The summed E-state index contributed by atoms with van der Waals surface area (Å²) in [4.78, 5) is 12.9. The van der Waals surface area contributed by atoms with Crippen molar-refractivity contribution in [2.24, 2.45) is 0 Å². The van der Waals surface area contributed by atoms with E-state index in [1.54, 1.807) is 36.4 Å². The Morgan fingerprint density at radius 2 is 1.81 bits per heavy atom. The highest BCUT2D eigenvalue weighted by Crippen LogP contribution is 2.21. The third-order valence-electron chi connectivity index (χ3n) is 3.91. The molecule has 8 nitrogen and oxygen atoms in total. The average Bonchev–Trinajstić information content (AvgIpc) is 3.15. The van der Waals surface area contributed by atoms with Crippen molar-refractivity contribution in [2.45, 2.75) is 17.9 Å². The van der Waals surface area contributed by atoms with Gasteiger partial charge in [-0.15, -0.1) is 10.2 Å². The molecule has 3 aromatic rings. The fourth-order valence-electron chi connectivity index (χ4n) is 2.51. The van der Waals surface area contributed by atoms with E-state index >= 15 is 0 Å². The van der Waals surface area contributed by atoms with Crippen molar-refractivity contribution in [3.8, 4) is 11.4 Å². The summed E-state index contributed by atoms with van der Waals surface area (Å²) in [5, 5.41) is 16.6. The van der Waals surface area contributed by atoms with Gasteiger partial charge in [-0.3, -0.25) is 4.79 Å². The third-order valence-corrected chi connectivity index (χ3v) is 5.04. The number of carbonyl (C=O) groups is 1. The van der Waals surface area contributed by atoms with Gasteiger partial charge in [0.05, 0.1) is 16.5 Å². The molecule has 0 fully saturated rings. The van der Waals surface area contributed by atoms with Crippen LogP contribution < -0.4 is 5.32 Å². The Labute approximate surface area is 150 Å². The summed E-state index contributed by atoms with van der Waals surface area (Å²) in [5.41, 5.74) is 1.79. The van der Waals surface area contributed by atoms with Crippen molar-refractivity contribution in [1.82, 2.24) is 25.9 Å². The van der Waals surface area contributed by atoms with Crippen LogP contribution in [-0.2, 0) is 9.84 Å². The number of tetrazole rings is 1. The van der Waals surface area contributed by atoms with Crippen LogP contribution in [0.1, 0.15) is 28.9 Å². The maximum absolute atomic E-state index is 12.7. The number of carbonyl (C=O) groups excluding carboxylic acids is 1. The Bertz CT molecular complexity index is 1010. The predicted molar refractivity (Wildman–Crippen MR) is 95.0 cm³/mol. The van der Waals surface area contributed by atoms with Crippen LogP contribution in [0.2, 0.25) is 0 Å². The monoisotopic (exact) mass is 371 g/mol. The topological polar surface area (TPSA) is 118 Å². The van der Waals surface area contributed by atoms with Gasteiger partial charge >= 0.3 is 0 Å². The van der Waals surface area contributed by atoms with E-state index in [1.807, 2.05) is 6.92 Å². The van der Waals surface area contributed by atoms with Crippen LogP contribution in [0, 0.1) is 0 Å². The lowest BCUT2D eigenvalue weighted by Gasteiger charge is -2.16. The molecule has 134 valence electrons. The zero-order valence-corrected chi connectivity index (χ0v) is 15.0. The Kier molecular flexibility index (Phi) is 4.81. The molecule has 1 amide bonds. The van der Waals surface area contributed by atoms with Gasteiger partial charge in [-0.25, -0.2) is 8.42 Å². The standard InChI is InChI=1S/C17H17N5O3S/c1-11(12-7-9-13(10-8-12)26(2,24)25)18-17(23)15-6-4-3-5-14(15)16-19-21-22-20-16/h3-11H,1-2H3,(H,18,23)(H,19,20,21,22)/t11-/m0/s1. The van der Waals surface area contributed by atoms with Gasteiger partial charge in [-0.05, 0) is 35.9 Å². The Morgan fingerprint density at radius 1 is 1.12 bits per heavy atom. The van der Waals surface area contributed by atoms with E-state index in [0.717, 1.165) is 11.8 Å². The quantitative estimate of drug-likeness (QED) is 0.706. The Morgan fingerprint density at radius 3 is 2.42 bits per heavy atom. The second-order valence-electron chi connectivity index (χ2n) is 5.82. The zero-order chi connectivity index (χ0) is 18.7. The van der Waals surface area contributed by atoms with Crippen LogP contribution in [0.4, 0.5) is 0 Å². The summed E-state index contributed by atoms with van der Waals surface area (Å²) < 4.78 is 23.1. The maximum Gasteiger partial charge on any atom is 0.252 e. The molecule has 26 heavy (non-hydrogen) atoms. The minimum Gasteiger partial charge on any atom is -0.345 e. The number of amides is 1. The lowest BCUT2D eigenvalue weighted by atomic mass is 10.0. The van der Waals surface area contributed by atoms with E-state index in [1.165, 1.54) is 12.1 Å². The van der Waals surface area contributed by atoms with Crippen LogP contribution in [-0.4, -0.2) is 41.2 Å². The van der Waals surface area contributed by atoms with Gasteiger partial charge in [0.25, 0.3) is 5.91 Å². The van der Waals surface area contributed by atoms with E-state index in [9.17, 15) is 13.2 Å². The van der Waals surface area contributed by atoms with Gasteiger partial charge in [0, 0.05) is 11.8 Å². The largest absolute Gasteiger partial charge is 0.345 e. The number of nitrogens with one attached hydrogen (secondary N) is 2. The van der Waals surface area contributed by atoms with E-state index in [-0.39, 0.29) is 16.8 Å². The van der Waals surface area contributed by atoms with Crippen LogP contribution >= 0.6 is 0 Å². The Hall–Kier alpha value is -3.07. The summed E-state index contributed by atoms with van der Waals surface area (Å²) >= 11 is 0. The van der Waals surface area contributed by atoms with Crippen molar-refractivity contribution >= 4 is 15.7 Å². The summed E-state index contributed by atoms with van der Waals surface area (Å²) in [6, 6.07) is 13.1. The zero-order valence-electron chi connectivity index (χ0n) is 14.2. The van der Waals surface area contributed by atoms with Gasteiger partial charge in [-0.2, -0.15) is 5.21 Å². The smallest absolute Gasteiger partial charge is 0.252 e. The first-order valence-electron chi connectivity index (χ1n) is 7.80. The number of aromatic amines is 1. The molecule has 2 aromatic carbocycles. The molecule has 0 radical (unpaired) electrons. The van der Waals surface area contributed by atoms with Crippen molar-refractivity contribution in [3.63, 3.8) is 0 Å². The number of H-pyrrole nitrogens is 1. The van der Waals surface area contributed by atoms with Crippen LogP contribution in [0.15, 0.2) is 53.4 Å². The number of hydrogen-bond donors (Lipinski definition) is 2.